The molecule has 4 rings (SSSR count). The number of nitrogens with two attached hydrogens (primary N) is 1. The Kier molecular flexibility index (Phi) is 5.79. The standard InChI is InChI=1S/C22H25FN4O4/c1-25-19(11-18(24)28)26-21-15-10-14(23)8-9-17(15)31-12-16(21)20(27(26)22(29)30-2)13-6-4-3-5-7-13/h3-10,16,19-21,25H,11-12H2,1-2H3,(H2,24,28)/t16-,19?,20+,21?/m0/s1. The summed E-state index contributed by atoms with van der Waals surface area (Å²) >= 11 is 0. The predicted octanol–water partition coefficient (Wildman–Crippen LogP) is 2.34. The van der Waals surface area contributed by atoms with Crippen molar-refractivity contribution in [3.05, 3.63) is 65.5 Å². The van der Waals surface area contributed by atoms with Crippen molar-refractivity contribution >= 4 is 12.0 Å². The van der Waals surface area contributed by atoms with Gasteiger partial charge < -0.3 is 20.5 Å². The fourth-order valence-corrected chi connectivity index (χ4v) is 4.65. The van der Waals surface area contributed by atoms with Gasteiger partial charge in [-0.15, -0.1) is 0 Å². The molecule has 1 fully saturated rings. The molecule has 1 saturated heterocycles. The first kappa shape index (κ1) is 21.1. The number of ether oxygens (including phenoxy) is 2. The molecule has 2 aromatic rings. The Morgan fingerprint density at radius 1 is 1.26 bits per heavy atom. The van der Waals surface area contributed by atoms with Gasteiger partial charge in [0.25, 0.3) is 0 Å². The third kappa shape index (κ3) is 3.70. The number of hydrazine groups is 1. The molecule has 2 amide bonds. The first-order chi connectivity index (χ1) is 15.0. The lowest BCUT2D eigenvalue weighted by Crippen LogP contribution is -2.54. The van der Waals surface area contributed by atoms with Crippen LogP contribution in [-0.4, -0.2) is 48.9 Å². The Morgan fingerprint density at radius 2 is 2.00 bits per heavy atom. The highest BCUT2D eigenvalue weighted by atomic mass is 19.1. The number of carbonyl (C=O) groups is 2. The SMILES string of the molecule is CNC(CC(N)=O)N1C2c3cc(F)ccc3OC[C@H]2[C@@H](c2ccccc2)N1C(=O)OC. The predicted molar refractivity (Wildman–Crippen MR) is 110 cm³/mol. The van der Waals surface area contributed by atoms with Crippen LogP contribution < -0.4 is 15.8 Å². The van der Waals surface area contributed by atoms with Gasteiger partial charge in [0.2, 0.25) is 5.91 Å². The molecular formula is C22H25FN4O4. The van der Waals surface area contributed by atoms with E-state index in [1.807, 2.05) is 30.3 Å². The maximum Gasteiger partial charge on any atom is 0.424 e. The van der Waals surface area contributed by atoms with Crippen LogP contribution in [0.2, 0.25) is 0 Å². The number of primary amides is 1. The zero-order valence-corrected chi connectivity index (χ0v) is 17.3. The van der Waals surface area contributed by atoms with Crippen LogP contribution in [0.15, 0.2) is 48.5 Å². The highest BCUT2D eigenvalue weighted by molar-refractivity contribution is 5.74. The number of nitrogens with one attached hydrogen (secondary N) is 1. The molecule has 31 heavy (non-hydrogen) atoms. The number of rotatable bonds is 5. The molecule has 0 radical (unpaired) electrons. The van der Waals surface area contributed by atoms with Crippen LogP contribution in [0.25, 0.3) is 0 Å². The summed E-state index contributed by atoms with van der Waals surface area (Å²) in [6, 6.07) is 13.0. The summed E-state index contributed by atoms with van der Waals surface area (Å²) in [4.78, 5) is 24.9. The van der Waals surface area contributed by atoms with E-state index >= 15 is 0 Å². The second-order valence-electron chi connectivity index (χ2n) is 7.63. The Labute approximate surface area is 179 Å². The van der Waals surface area contributed by atoms with E-state index in [0.29, 0.717) is 17.9 Å². The summed E-state index contributed by atoms with van der Waals surface area (Å²) in [5.74, 6) is -0.637. The number of nitrogens with zero attached hydrogens (tertiary/aromatic N) is 2. The van der Waals surface area contributed by atoms with Crippen LogP contribution >= 0.6 is 0 Å². The second-order valence-corrected chi connectivity index (χ2v) is 7.63. The minimum Gasteiger partial charge on any atom is -0.493 e. The number of hydrogen-bond acceptors (Lipinski definition) is 6. The molecule has 0 bridgehead atoms. The summed E-state index contributed by atoms with van der Waals surface area (Å²) in [7, 11) is 2.98. The molecule has 0 spiro atoms. The summed E-state index contributed by atoms with van der Waals surface area (Å²) in [6.45, 7) is 0.305. The van der Waals surface area contributed by atoms with Crippen molar-refractivity contribution in [2.75, 3.05) is 20.8 Å². The second kappa shape index (κ2) is 8.52. The fourth-order valence-electron chi connectivity index (χ4n) is 4.65. The molecule has 2 unspecified atom stereocenters. The van der Waals surface area contributed by atoms with Gasteiger partial charge in [0.15, 0.2) is 0 Å². The van der Waals surface area contributed by atoms with Crippen LogP contribution in [0.3, 0.4) is 0 Å². The van der Waals surface area contributed by atoms with Crippen LogP contribution in [0.1, 0.15) is 29.6 Å². The van der Waals surface area contributed by atoms with E-state index in [0.717, 1.165) is 5.56 Å². The van der Waals surface area contributed by atoms with Crippen molar-refractivity contribution in [3.8, 4) is 5.75 Å². The first-order valence-corrected chi connectivity index (χ1v) is 10.0. The summed E-state index contributed by atoms with van der Waals surface area (Å²) in [5.41, 5.74) is 6.98. The smallest absolute Gasteiger partial charge is 0.424 e. The third-order valence-electron chi connectivity index (χ3n) is 5.88. The van der Waals surface area contributed by atoms with Gasteiger partial charge in [0.05, 0.1) is 38.4 Å². The minimum absolute atomic E-state index is 0.0553. The average Bonchev–Trinajstić information content (AvgIpc) is 3.12. The van der Waals surface area contributed by atoms with Gasteiger partial charge in [-0.3, -0.25) is 4.79 Å². The maximum atomic E-state index is 14.2. The van der Waals surface area contributed by atoms with E-state index < -0.39 is 36.1 Å². The molecule has 2 aromatic carbocycles. The highest BCUT2D eigenvalue weighted by Gasteiger charge is 2.56. The molecule has 9 heteroatoms. The Morgan fingerprint density at radius 3 is 2.65 bits per heavy atom. The topological polar surface area (TPSA) is 97.1 Å². The van der Waals surface area contributed by atoms with Gasteiger partial charge in [0.1, 0.15) is 11.6 Å². The van der Waals surface area contributed by atoms with Gasteiger partial charge in [-0.2, -0.15) is 5.01 Å². The van der Waals surface area contributed by atoms with Crippen LogP contribution in [-0.2, 0) is 9.53 Å². The van der Waals surface area contributed by atoms with E-state index in [1.54, 1.807) is 18.1 Å². The summed E-state index contributed by atoms with van der Waals surface area (Å²) in [6.07, 6.45) is -1.27. The molecule has 2 aliphatic rings. The molecule has 2 heterocycles. The fraction of sp³-hybridized carbons (Fsp3) is 0.364. The van der Waals surface area contributed by atoms with E-state index in [9.17, 15) is 14.0 Å². The van der Waals surface area contributed by atoms with E-state index in [4.69, 9.17) is 15.2 Å². The van der Waals surface area contributed by atoms with E-state index in [-0.39, 0.29) is 12.3 Å². The number of amides is 2. The highest BCUT2D eigenvalue weighted by Crippen LogP contribution is 2.54. The quantitative estimate of drug-likeness (QED) is 0.759. The molecular weight excluding hydrogens is 403 g/mol. The molecule has 164 valence electrons. The number of carbonyl (C=O) groups excluding carboxylic acids is 2. The number of methoxy groups -OCH3 is 1. The molecule has 0 aliphatic carbocycles. The molecule has 8 nitrogen and oxygen atoms in total. The van der Waals surface area contributed by atoms with Crippen molar-refractivity contribution < 1.29 is 23.5 Å². The van der Waals surface area contributed by atoms with Crippen molar-refractivity contribution in [1.29, 1.82) is 0 Å². The number of fused-ring (bicyclic) bond motifs is 3. The number of halogens is 1. The van der Waals surface area contributed by atoms with E-state index in [1.165, 1.54) is 24.3 Å². The minimum atomic E-state index is -0.618. The monoisotopic (exact) mass is 428 g/mol. The zero-order valence-electron chi connectivity index (χ0n) is 17.3. The molecule has 0 aromatic heterocycles. The largest absolute Gasteiger partial charge is 0.493 e. The van der Waals surface area contributed by atoms with Crippen molar-refractivity contribution in [1.82, 2.24) is 15.3 Å². The maximum absolute atomic E-state index is 14.2. The molecule has 0 saturated carbocycles. The first-order valence-electron chi connectivity index (χ1n) is 10.0. The van der Waals surface area contributed by atoms with Crippen molar-refractivity contribution in [3.63, 3.8) is 0 Å². The molecule has 4 atom stereocenters. The average molecular weight is 428 g/mol. The van der Waals surface area contributed by atoms with Gasteiger partial charge in [0, 0.05) is 11.5 Å². The van der Waals surface area contributed by atoms with Crippen molar-refractivity contribution in [2.24, 2.45) is 11.7 Å². The molecule has 3 N–H and O–H groups in total. The summed E-state index contributed by atoms with van der Waals surface area (Å²) in [5, 5.41) is 6.32. The lowest BCUT2D eigenvalue weighted by atomic mass is 9.84. The van der Waals surface area contributed by atoms with Gasteiger partial charge in [-0.25, -0.2) is 14.2 Å². The number of hydrogen-bond donors (Lipinski definition) is 2. The van der Waals surface area contributed by atoms with Crippen molar-refractivity contribution in [2.45, 2.75) is 24.7 Å². The van der Waals surface area contributed by atoms with Gasteiger partial charge in [-0.1, -0.05) is 30.3 Å². The third-order valence-corrected chi connectivity index (χ3v) is 5.88. The van der Waals surface area contributed by atoms with Crippen LogP contribution in [0, 0.1) is 11.7 Å². The number of benzene rings is 2. The lowest BCUT2D eigenvalue weighted by molar-refractivity contribution is -0.123. The normalized spacial score (nSPS) is 23.5. The Bertz CT molecular complexity index is 973. The van der Waals surface area contributed by atoms with Crippen LogP contribution in [0.5, 0.6) is 5.75 Å². The lowest BCUT2D eigenvalue weighted by Gasteiger charge is -2.39. The van der Waals surface area contributed by atoms with Crippen LogP contribution in [0.4, 0.5) is 9.18 Å². The Balaban J connectivity index is 1.91. The molecule has 2 aliphatic heterocycles. The zero-order chi connectivity index (χ0) is 22.1. The Hall–Kier alpha value is -3.17. The van der Waals surface area contributed by atoms with Gasteiger partial charge in [-0.05, 0) is 30.8 Å². The van der Waals surface area contributed by atoms with E-state index in [2.05, 4.69) is 5.32 Å². The van der Waals surface area contributed by atoms with Gasteiger partial charge >= 0.3 is 6.09 Å². The summed E-state index contributed by atoms with van der Waals surface area (Å²) < 4.78 is 25.3.